The van der Waals surface area contributed by atoms with E-state index in [2.05, 4.69) is 14.8 Å². The second kappa shape index (κ2) is 4.98. The highest BCUT2D eigenvalue weighted by atomic mass is 32.2. The molecule has 102 valence electrons. The average molecular weight is 284 g/mol. The molecule has 1 aliphatic heterocycles. The lowest BCUT2D eigenvalue weighted by molar-refractivity contribution is -0.139. The number of ether oxygens (including phenoxy) is 1. The molecule has 0 aromatic heterocycles. The molecular formula is C11H12N2O5S. The summed E-state index contributed by atoms with van der Waals surface area (Å²) in [5, 5.41) is 2.61. The number of benzene rings is 1. The van der Waals surface area contributed by atoms with Crippen LogP contribution in [0.5, 0.6) is 0 Å². The van der Waals surface area contributed by atoms with Crippen molar-refractivity contribution in [3.05, 3.63) is 23.8 Å². The van der Waals surface area contributed by atoms with E-state index >= 15 is 0 Å². The molecule has 0 aliphatic carbocycles. The van der Waals surface area contributed by atoms with Crippen molar-refractivity contribution in [2.45, 2.75) is 11.3 Å². The molecule has 19 heavy (non-hydrogen) atoms. The van der Waals surface area contributed by atoms with E-state index in [-0.39, 0.29) is 17.2 Å². The number of hydrogen-bond acceptors (Lipinski definition) is 5. The van der Waals surface area contributed by atoms with Gasteiger partial charge in [-0.25, -0.2) is 8.42 Å². The van der Waals surface area contributed by atoms with Gasteiger partial charge in [0.1, 0.15) is 6.54 Å². The number of methoxy groups -OCH3 is 1. The molecule has 1 aromatic carbocycles. The number of amides is 1. The summed E-state index contributed by atoms with van der Waals surface area (Å²) in [7, 11) is -2.62. The molecule has 7 nitrogen and oxygen atoms in total. The monoisotopic (exact) mass is 284 g/mol. The molecule has 1 heterocycles. The third kappa shape index (κ3) is 2.91. The number of carbonyl (C=O) groups is 2. The summed E-state index contributed by atoms with van der Waals surface area (Å²) in [4.78, 5) is 22.1. The van der Waals surface area contributed by atoms with Gasteiger partial charge in [0.15, 0.2) is 0 Å². The number of carbonyl (C=O) groups excluding carboxylic acids is 2. The van der Waals surface area contributed by atoms with Crippen LogP contribution in [0, 0.1) is 0 Å². The van der Waals surface area contributed by atoms with Crippen molar-refractivity contribution in [3.8, 4) is 0 Å². The molecule has 0 spiro atoms. The van der Waals surface area contributed by atoms with Gasteiger partial charge in [-0.15, -0.1) is 0 Å². The minimum Gasteiger partial charge on any atom is -0.468 e. The van der Waals surface area contributed by atoms with Crippen LogP contribution < -0.4 is 10.0 Å². The van der Waals surface area contributed by atoms with Crippen LogP contribution in [0.2, 0.25) is 0 Å². The van der Waals surface area contributed by atoms with Gasteiger partial charge in [-0.05, 0) is 23.8 Å². The van der Waals surface area contributed by atoms with E-state index in [0.29, 0.717) is 11.3 Å². The first-order valence-electron chi connectivity index (χ1n) is 5.41. The Morgan fingerprint density at radius 3 is 2.89 bits per heavy atom. The molecule has 8 heteroatoms. The second-order valence-corrected chi connectivity index (χ2v) is 5.71. The molecule has 0 saturated heterocycles. The lowest BCUT2D eigenvalue weighted by Gasteiger charge is -2.07. The summed E-state index contributed by atoms with van der Waals surface area (Å²) in [6, 6.07) is 4.30. The van der Waals surface area contributed by atoms with E-state index in [1.54, 1.807) is 0 Å². The minimum absolute atomic E-state index is 0.00616. The summed E-state index contributed by atoms with van der Waals surface area (Å²) in [5.41, 5.74) is 1.22. The van der Waals surface area contributed by atoms with Gasteiger partial charge in [0, 0.05) is 5.69 Å². The van der Waals surface area contributed by atoms with Crippen molar-refractivity contribution in [2.75, 3.05) is 19.0 Å². The number of hydrogen-bond donors (Lipinski definition) is 2. The van der Waals surface area contributed by atoms with Crippen molar-refractivity contribution in [3.63, 3.8) is 0 Å². The van der Waals surface area contributed by atoms with Gasteiger partial charge in [-0.3, -0.25) is 9.59 Å². The second-order valence-electron chi connectivity index (χ2n) is 3.94. The molecule has 0 atom stereocenters. The van der Waals surface area contributed by atoms with Crippen LogP contribution in [-0.2, 0) is 30.8 Å². The van der Waals surface area contributed by atoms with Crippen LogP contribution >= 0.6 is 0 Å². The third-order valence-corrected chi connectivity index (χ3v) is 4.05. The molecule has 0 fully saturated rings. The van der Waals surface area contributed by atoms with E-state index in [0.717, 1.165) is 0 Å². The van der Waals surface area contributed by atoms with Gasteiger partial charge in [0.05, 0.1) is 18.4 Å². The zero-order valence-electron chi connectivity index (χ0n) is 10.1. The average Bonchev–Trinajstić information content (AvgIpc) is 2.74. The number of nitrogens with one attached hydrogen (secondary N) is 2. The van der Waals surface area contributed by atoms with Gasteiger partial charge in [-0.1, -0.05) is 0 Å². The first-order chi connectivity index (χ1) is 8.92. The third-order valence-electron chi connectivity index (χ3n) is 2.65. The van der Waals surface area contributed by atoms with Crippen LogP contribution in [0.25, 0.3) is 0 Å². The van der Waals surface area contributed by atoms with Crippen molar-refractivity contribution in [1.82, 2.24) is 4.72 Å². The summed E-state index contributed by atoms with van der Waals surface area (Å²) >= 11 is 0. The minimum atomic E-state index is -3.79. The molecule has 1 aliphatic rings. The fourth-order valence-corrected chi connectivity index (χ4v) is 2.70. The summed E-state index contributed by atoms with van der Waals surface area (Å²) in [6.07, 6.45) is 0.149. The van der Waals surface area contributed by atoms with Crippen LogP contribution in [0.1, 0.15) is 5.56 Å². The van der Waals surface area contributed by atoms with E-state index in [9.17, 15) is 18.0 Å². The maximum Gasteiger partial charge on any atom is 0.320 e. The van der Waals surface area contributed by atoms with Crippen LogP contribution in [-0.4, -0.2) is 33.9 Å². The molecule has 0 saturated carbocycles. The molecule has 2 N–H and O–H groups in total. The highest BCUT2D eigenvalue weighted by molar-refractivity contribution is 7.89. The van der Waals surface area contributed by atoms with E-state index < -0.39 is 22.5 Å². The Labute approximate surface area is 110 Å². The Morgan fingerprint density at radius 2 is 2.21 bits per heavy atom. The lowest BCUT2D eigenvalue weighted by atomic mass is 10.2. The molecule has 1 amide bonds. The normalized spacial score (nSPS) is 13.8. The first-order valence-corrected chi connectivity index (χ1v) is 6.90. The standard InChI is InChI=1S/C11H12N2O5S/c1-18-11(15)6-12-19(16,17)8-2-3-9-7(4-8)5-10(14)13-9/h2-4,12H,5-6H2,1H3,(H,13,14). The number of esters is 1. The maximum absolute atomic E-state index is 11.9. The highest BCUT2D eigenvalue weighted by Gasteiger charge is 2.22. The van der Waals surface area contributed by atoms with Crippen molar-refractivity contribution in [1.29, 1.82) is 0 Å². The Balaban J connectivity index is 2.20. The fraction of sp³-hybridized carbons (Fsp3) is 0.273. The maximum atomic E-state index is 11.9. The zero-order chi connectivity index (χ0) is 14.0. The van der Waals surface area contributed by atoms with E-state index in [1.165, 1.54) is 25.3 Å². The van der Waals surface area contributed by atoms with Crippen molar-refractivity contribution in [2.24, 2.45) is 0 Å². The van der Waals surface area contributed by atoms with Crippen molar-refractivity contribution < 1.29 is 22.7 Å². The van der Waals surface area contributed by atoms with Gasteiger partial charge in [0.25, 0.3) is 0 Å². The Morgan fingerprint density at radius 1 is 1.47 bits per heavy atom. The van der Waals surface area contributed by atoms with Gasteiger partial charge >= 0.3 is 5.97 Å². The largest absolute Gasteiger partial charge is 0.468 e. The predicted octanol–water partition coefficient (Wildman–Crippen LogP) is -0.368. The molecular weight excluding hydrogens is 272 g/mol. The summed E-state index contributed by atoms with van der Waals surface area (Å²) in [5.74, 6) is -0.853. The number of rotatable bonds is 4. The molecule has 1 aromatic rings. The van der Waals surface area contributed by atoms with E-state index in [4.69, 9.17) is 0 Å². The SMILES string of the molecule is COC(=O)CNS(=O)(=O)c1ccc2c(c1)CC(=O)N2. The van der Waals surface area contributed by atoms with Crippen molar-refractivity contribution >= 4 is 27.6 Å². The molecule has 0 unspecified atom stereocenters. The molecule has 2 rings (SSSR count). The number of fused-ring (bicyclic) bond motifs is 1. The molecule has 0 radical (unpaired) electrons. The van der Waals surface area contributed by atoms with Crippen LogP contribution in [0.3, 0.4) is 0 Å². The fourth-order valence-electron chi connectivity index (χ4n) is 1.68. The quantitative estimate of drug-likeness (QED) is 0.735. The topological polar surface area (TPSA) is 102 Å². The Bertz CT molecular complexity index is 638. The van der Waals surface area contributed by atoms with Crippen LogP contribution in [0.15, 0.2) is 23.1 Å². The first kappa shape index (κ1) is 13.5. The highest BCUT2D eigenvalue weighted by Crippen LogP contribution is 2.25. The molecule has 0 bridgehead atoms. The predicted molar refractivity (Wildman–Crippen MR) is 66.0 cm³/mol. The number of anilines is 1. The lowest BCUT2D eigenvalue weighted by Crippen LogP contribution is -2.30. The van der Waals surface area contributed by atoms with Gasteiger partial charge in [0.2, 0.25) is 15.9 Å². The smallest absolute Gasteiger partial charge is 0.320 e. The Kier molecular flexibility index (Phi) is 3.54. The van der Waals surface area contributed by atoms with Gasteiger partial charge in [-0.2, -0.15) is 4.72 Å². The zero-order valence-corrected chi connectivity index (χ0v) is 10.9. The van der Waals surface area contributed by atoms with Gasteiger partial charge < -0.3 is 10.1 Å². The van der Waals surface area contributed by atoms with Crippen LogP contribution in [0.4, 0.5) is 5.69 Å². The summed E-state index contributed by atoms with van der Waals surface area (Å²) in [6.45, 7) is -0.437. The summed E-state index contributed by atoms with van der Waals surface area (Å²) < 4.78 is 30.3. The number of sulfonamides is 1. The Hall–Kier alpha value is -1.93. The van der Waals surface area contributed by atoms with E-state index in [1.807, 2.05) is 0 Å².